The van der Waals surface area contributed by atoms with Crippen molar-refractivity contribution in [1.82, 2.24) is 14.5 Å². The molecule has 5 rings (SSSR count). The van der Waals surface area contributed by atoms with Crippen LogP contribution < -0.4 is 0 Å². The number of Topliss-reactive ketones (excluding diaryl/α,β-unsaturated/α-hetero) is 1. The monoisotopic (exact) mass is 677 g/mol. The van der Waals surface area contributed by atoms with Crippen molar-refractivity contribution < 1.29 is 22.0 Å². The van der Waals surface area contributed by atoms with Gasteiger partial charge in [0.05, 0.1) is 29.0 Å². The van der Waals surface area contributed by atoms with Crippen LogP contribution in [-0.2, 0) is 25.8 Å². The van der Waals surface area contributed by atoms with Crippen LogP contribution >= 0.6 is 35.0 Å². The molecule has 1 aliphatic heterocycles. The van der Waals surface area contributed by atoms with Crippen LogP contribution in [0.5, 0.6) is 0 Å². The molecule has 12 heteroatoms. The highest BCUT2D eigenvalue weighted by Crippen LogP contribution is 2.38. The molecule has 0 saturated carbocycles. The van der Waals surface area contributed by atoms with Gasteiger partial charge in [0.2, 0.25) is 0 Å². The van der Waals surface area contributed by atoms with Crippen molar-refractivity contribution in [1.29, 1.82) is 0 Å². The largest absolute Gasteiger partial charge is 0.297 e. The summed E-state index contributed by atoms with van der Waals surface area (Å²) in [5.41, 5.74) is 1.71. The van der Waals surface area contributed by atoms with Crippen LogP contribution in [0.15, 0.2) is 76.9 Å². The second-order valence-electron chi connectivity index (χ2n) is 11.3. The summed E-state index contributed by atoms with van der Waals surface area (Å²) in [6.45, 7) is 5.68. The molecule has 1 fully saturated rings. The summed E-state index contributed by atoms with van der Waals surface area (Å²) in [6, 6.07) is 15.1. The normalized spacial score (nSPS) is 14.3. The van der Waals surface area contributed by atoms with E-state index in [4.69, 9.17) is 23.2 Å². The minimum atomic E-state index is -3.87. The van der Waals surface area contributed by atoms with Gasteiger partial charge in [0.25, 0.3) is 0 Å². The molecule has 0 radical (unpaired) electrons. The van der Waals surface area contributed by atoms with E-state index >= 15 is 4.39 Å². The van der Waals surface area contributed by atoms with Gasteiger partial charge in [-0.15, -0.1) is 0 Å². The van der Waals surface area contributed by atoms with Crippen molar-refractivity contribution in [3.05, 3.63) is 105 Å². The maximum atomic E-state index is 15.2. The van der Waals surface area contributed by atoms with E-state index < -0.39 is 32.6 Å². The summed E-state index contributed by atoms with van der Waals surface area (Å²) in [4.78, 5) is 19.0. The van der Waals surface area contributed by atoms with Gasteiger partial charge in [0, 0.05) is 27.3 Å². The Kier molecular flexibility index (Phi) is 9.87. The van der Waals surface area contributed by atoms with E-state index in [2.05, 4.69) is 4.98 Å². The Bertz CT molecular complexity index is 1790. The summed E-state index contributed by atoms with van der Waals surface area (Å²) in [5.74, 6) is -2.09. The van der Waals surface area contributed by atoms with Crippen molar-refractivity contribution in [2.24, 2.45) is 0 Å². The fourth-order valence-electron chi connectivity index (χ4n) is 5.30. The van der Waals surface area contributed by atoms with Crippen LogP contribution in [0.4, 0.5) is 8.78 Å². The number of carbonyl (C=O) groups excluding carboxylic acids is 1. The van der Waals surface area contributed by atoms with E-state index in [9.17, 15) is 17.6 Å². The minimum Gasteiger partial charge on any atom is -0.297 e. The Morgan fingerprint density at radius 2 is 1.70 bits per heavy atom. The number of halogens is 4. The summed E-state index contributed by atoms with van der Waals surface area (Å²) in [7, 11) is -3.87. The molecule has 1 aliphatic rings. The van der Waals surface area contributed by atoms with Crippen molar-refractivity contribution in [2.45, 2.75) is 47.9 Å². The predicted octanol–water partition coefficient (Wildman–Crippen LogP) is 7.51. The third-order valence-electron chi connectivity index (χ3n) is 7.78. The quantitative estimate of drug-likeness (QED) is 0.153. The molecule has 6 nitrogen and oxygen atoms in total. The number of likely N-dealkylation sites (tertiary alicyclic amines) is 1. The molecule has 1 aromatic heterocycles. The number of aromatic nitrogens is 2. The first kappa shape index (κ1) is 32.6. The lowest BCUT2D eigenvalue weighted by Crippen LogP contribution is -2.30. The van der Waals surface area contributed by atoms with E-state index in [1.54, 1.807) is 29.0 Å². The van der Waals surface area contributed by atoms with Crippen LogP contribution in [0, 0.1) is 11.6 Å². The van der Waals surface area contributed by atoms with Gasteiger partial charge in [0.15, 0.2) is 20.8 Å². The van der Waals surface area contributed by atoms with E-state index in [1.807, 2.05) is 30.9 Å². The lowest BCUT2D eigenvalue weighted by molar-refractivity contribution is -0.117. The Labute approximate surface area is 270 Å². The summed E-state index contributed by atoms with van der Waals surface area (Å²) in [6.07, 6.45) is 3.68. The molecule has 0 atom stereocenters. The Hall–Kier alpha value is -2.76. The second-order valence-corrected chi connectivity index (χ2v) is 15.1. The predicted molar refractivity (Wildman–Crippen MR) is 171 cm³/mol. The molecule has 4 aromatic rings. The number of benzene rings is 3. The summed E-state index contributed by atoms with van der Waals surface area (Å²) >= 11 is 13.9. The zero-order chi connectivity index (χ0) is 31.6. The number of carbonyl (C=O) groups is 1. The number of hydrogen-bond donors (Lipinski definition) is 0. The van der Waals surface area contributed by atoms with E-state index in [0.717, 1.165) is 37.6 Å². The standard InChI is InChI=1S/C32H31Cl2F2N3O3S2/c1-32(2,22-6-8-23(33)9-7-22)30-17-37-31(39(30)29-12-10-24(35)15-28(29)36)43-19-21-5-11-26(16-27(21)34)44(41,42)20-25(40)18-38-13-3-4-14-38/h5-12,15-17H,3-4,13-14,18-20H2,1-2H3. The number of sulfone groups is 1. The van der Waals surface area contributed by atoms with Gasteiger partial charge in [-0.25, -0.2) is 22.2 Å². The minimum absolute atomic E-state index is 0.0205. The smallest absolute Gasteiger partial charge is 0.185 e. The molecule has 1 saturated heterocycles. The fourth-order valence-corrected chi connectivity index (χ4v) is 8.06. The topological polar surface area (TPSA) is 72.3 Å². The fraction of sp³-hybridized carbons (Fsp3) is 0.312. The maximum Gasteiger partial charge on any atom is 0.185 e. The van der Waals surface area contributed by atoms with Crippen LogP contribution in [-0.4, -0.2) is 54.0 Å². The van der Waals surface area contributed by atoms with Crippen molar-refractivity contribution >= 4 is 50.6 Å². The Balaban J connectivity index is 1.40. The SMILES string of the molecule is CC(C)(c1ccc(Cl)cc1)c1cnc(SCc2ccc(S(=O)(=O)CC(=O)CN3CCCC3)cc2Cl)n1-c1ccc(F)cc1F. The highest BCUT2D eigenvalue weighted by Gasteiger charge is 2.31. The molecule has 0 amide bonds. The Morgan fingerprint density at radius 1 is 1.00 bits per heavy atom. The van der Waals surface area contributed by atoms with Crippen LogP contribution in [0.1, 0.15) is 43.5 Å². The molecule has 0 N–H and O–H groups in total. The number of rotatable bonds is 11. The number of imidazole rings is 1. The van der Waals surface area contributed by atoms with Crippen LogP contribution in [0.3, 0.4) is 0 Å². The molecule has 44 heavy (non-hydrogen) atoms. The zero-order valence-corrected chi connectivity index (χ0v) is 27.3. The van der Waals surface area contributed by atoms with Gasteiger partial charge in [-0.2, -0.15) is 0 Å². The third-order valence-corrected chi connectivity index (χ3v) is 11.1. The van der Waals surface area contributed by atoms with Gasteiger partial charge < -0.3 is 0 Å². The average Bonchev–Trinajstić information content (AvgIpc) is 3.63. The summed E-state index contributed by atoms with van der Waals surface area (Å²) < 4.78 is 56.6. The van der Waals surface area contributed by atoms with Crippen molar-refractivity contribution in [3.8, 4) is 5.69 Å². The Morgan fingerprint density at radius 3 is 2.36 bits per heavy atom. The third kappa shape index (κ3) is 7.21. The molecule has 0 bridgehead atoms. The van der Waals surface area contributed by atoms with Crippen LogP contribution in [0.2, 0.25) is 10.0 Å². The number of nitrogens with zero attached hydrogens (tertiary/aromatic N) is 3. The molecule has 2 heterocycles. The van der Waals surface area contributed by atoms with E-state index in [1.165, 1.54) is 36.0 Å². The first-order valence-electron chi connectivity index (χ1n) is 14.0. The number of hydrogen-bond acceptors (Lipinski definition) is 6. The van der Waals surface area contributed by atoms with Gasteiger partial charge in [-0.3, -0.25) is 14.3 Å². The molecular formula is C32H31Cl2F2N3O3S2. The zero-order valence-electron chi connectivity index (χ0n) is 24.2. The molecule has 0 aliphatic carbocycles. The highest BCUT2D eigenvalue weighted by atomic mass is 35.5. The van der Waals surface area contributed by atoms with Crippen molar-refractivity contribution in [3.63, 3.8) is 0 Å². The molecular weight excluding hydrogens is 647 g/mol. The van der Waals surface area contributed by atoms with Crippen LogP contribution in [0.25, 0.3) is 5.69 Å². The second kappa shape index (κ2) is 13.3. The van der Waals surface area contributed by atoms with Gasteiger partial charge in [-0.1, -0.05) is 67.0 Å². The van der Waals surface area contributed by atoms with Gasteiger partial charge in [0.1, 0.15) is 17.4 Å². The molecule has 3 aromatic carbocycles. The number of thioether (sulfide) groups is 1. The average molecular weight is 679 g/mol. The maximum absolute atomic E-state index is 15.2. The van der Waals surface area contributed by atoms with E-state index in [-0.39, 0.29) is 33.7 Å². The van der Waals surface area contributed by atoms with Gasteiger partial charge >= 0.3 is 0 Å². The van der Waals surface area contributed by atoms with Crippen molar-refractivity contribution in [2.75, 3.05) is 25.4 Å². The van der Waals surface area contributed by atoms with Gasteiger partial charge in [-0.05, 0) is 73.5 Å². The highest BCUT2D eigenvalue weighted by molar-refractivity contribution is 7.98. The molecule has 0 spiro atoms. The van der Waals surface area contributed by atoms with E-state index in [0.29, 0.717) is 21.4 Å². The first-order valence-corrected chi connectivity index (χ1v) is 17.4. The lowest BCUT2D eigenvalue weighted by Gasteiger charge is -2.27. The lowest BCUT2D eigenvalue weighted by atomic mass is 9.81. The molecule has 232 valence electrons. The first-order chi connectivity index (χ1) is 20.8. The number of ketones is 1. The summed E-state index contributed by atoms with van der Waals surface area (Å²) in [5, 5.41) is 1.24. The molecule has 0 unspecified atom stereocenters.